The number of aliphatic hydroxyl groups excluding tert-OH is 4. The maximum Gasteiger partial charge on any atom is 0.303 e. The van der Waals surface area contributed by atoms with Crippen molar-refractivity contribution in [2.75, 3.05) is 6.61 Å². The third-order valence-corrected chi connectivity index (χ3v) is 3.27. The highest BCUT2D eigenvalue weighted by atomic mass is 16.4. The molecule has 0 aromatic heterocycles. The largest absolute Gasteiger partial charge is 0.481 e. The average Bonchev–Trinajstić information content (AvgIpc) is 2.57. The number of carbonyl (C=O) groups is 1. The first-order valence-electron chi connectivity index (χ1n) is 8.67. The van der Waals surface area contributed by atoms with Crippen molar-refractivity contribution in [1.82, 2.24) is 0 Å². The summed E-state index contributed by atoms with van der Waals surface area (Å²) in [7, 11) is 0. The molecule has 0 saturated heterocycles. The molecule has 26 heavy (non-hydrogen) atoms. The zero-order valence-corrected chi connectivity index (χ0v) is 14.9. The van der Waals surface area contributed by atoms with Gasteiger partial charge in [-0.05, 0) is 25.7 Å². The van der Waals surface area contributed by atoms with Crippen LogP contribution in [0.4, 0.5) is 0 Å². The second-order valence-corrected chi connectivity index (χ2v) is 5.70. The predicted octanol–water partition coefficient (Wildman–Crippen LogP) is 1.88. The van der Waals surface area contributed by atoms with E-state index in [0.29, 0.717) is 25.7 Å². The molecule has 0 radical (unpaired) electrons. The van der Waals surface area contributed by atoms with Crippen LogP contribution in [-0.4, -0.2) is 56.4 Å². The summed E-state index contributed by atoms with van der Waals surface area (Å²) in [5, 5.41) is 45.8. The molecular formula is C20H30O6. The number of allylic oxidation sites excluding steroid dienone is 6. The molecule has 6 nitrogen and oxygen atoms in total. The van der Waals surface area contributed by atoms with Crippen molar-refractivity contribution in [3.05, 3.63) is 60.8 Å². The first-order valence-corrected chi connectivity index (χ1v) is 8.67. The maximum atomic E-state index is 10.4. The molecule has 0 aromatic carbocycles. The van der Waals surface area contributed by atoms with Crippen LogP contribution < -0.4 is 0 Å². The normalized spacial score (nSPS) is 16.5. The van der Waals surface area contributed by atoms with Crippen molar-refractivity contribution in [3.8, 4) is 0 Å². The van der Waals surface area contributed by atoms with Crippen LogP contribution in [0.25, 0.3) is 0 Å². The lowest BCUT2D eigenvalue weighted by Crippen LogP contribution is -2.03. The molecule has 0 aromatic rings. The number of carboxylic acid groups (broad SMARTS) is 1. The Labute approximate surface area is 154 Å². The number of hydrogen-bond donors (Lipinski definition) is 5. The average molecular weight is 366 g/mol. The second-order valence-electron chi connectivity index (χ2n) is 5.70. The molecule has 0 amide bonds. The lowest BCUT2D eigenvalue weighted by Gasteiger charge is -2.02. The van der Waals surface area contributed by atoms with Gasteiger partial charge in [-0.25, -0.2) is 0 Å². The number of carboxylic acids is 1. The SMILES string of the molecule is O=C(O)CCC[C@H](O)\C=C/C=C/C=C/[C@H](O)C/C=C\C=C\[C@@H](O)CCO. The van der Waals surface area contributed by atoms with Crippen LogP contribution >= 0.6 is 0 Å². The molecule has 0 spiro atoms. The maximum absolute atomic E-state index is 10.4. The minimum absolute atomic E-state index is 0.0504. The Morgan fingerprint density at radius 1 is 0.769 bits per heavy atom. The highest BCUT2D eigenvalue weighted by Gasteiger charge is 2.01. The molecule has 0 aliphatic heterocycles. The summed E-state index contributed by atoms with van der Waals surface area (Å²) in [4.78, 5) is 10.4. The minimum atomic E-state index is -0.866. The predicted molar refractivity (Wildman–Crippen MR) is 102 cm³/mol. The summed E-state index contributed by atoms with van der Waals surface area (Å²) in [5.74, 6) is -0.866. The van der Waals surface area contributed by atoms with E-state index < -0.39 is 24.3 Å². The van der Waals surface area contributed by atoms with Gasteiger partial charge in [0.2, 0.25) is 0 Å². The van der Waals surface area contributed by atoms with Crippen LogP contribution in [0, 0.1) is 0 Å². The lowest BCUT2D eigenvalue weighted by molar-refractivity contribution is -0.137. The summed E-state index contributed by atoms with van der Waals surface area (Å²) in [6, 6.07) is 0. The van der Waals surface area contributed by atoms with Gasteiger partial charge in [-0.15, -0.1) is 0 Å². The zero-order valence-electron chi connectivity index (χ0n) is 14.9. The van der Waals surface area contributed by atoms with E-state index in [0.717, 1.165) is 0 Å². The summed E-state index contributed by atoms with van der Waals surface area (Å²) in [6.07, 6.45) is 16.4. The molecular weight excluding hydrogens is 336 g/mol. The van der Waals surface area contributed by atoms with E-state index in [4.69, 9.17) is 10.2 Å². The van der Waals surface area contributed by atoms with Crippen molar-refractivity contribution >= 4 is 5.97 Å². The first kappa shape index (κ1) is 24.0. The fourth-order valence-corrected chi connectivity index (χ4v) is 1.87. The van der Waals surface area contributed by atoms with Crippen molar-refractivity contribution in [3.63, 3.8) is 0 Å². The van der Waals surface area contributed by atoms with Gasteiger partial charge in [0, 0.05) is 13.0 Å². The number of aliphatic carboxylic acids is 1. The van der Waals surface area contributed by atoms with E-state index in [-0.39, 0.29) is 13.0 Å². The van der Waals surface area contributed by atoms with Gasteiger partial charge in [-0.3, -0.25) is 4.79 Å². The third kappa shape index (κ3) is 16.9. The van der Waals surface area contributed by atoms with Crippen LogP contribution in [0.1, 0.15) is 32.1 Å². The van der Waals surface area contributed by atoms with Crippen LogP contribution in [0.5, 0.6) is 0 Å². The van der Waals surface area contributed by atoms with Crippen LogP contribution in [0.3, 0.4) is 0 Å². The topological polar surface area (TPSA) is 118 Å². The molecule has 0 rings (SSSR count). The molecule has 0 aliphatic rings. The van der Waals surface area contributed by atoms with Gasteiger partial charge in [0.15, 0.2) is 0 Å². The van der Waals surface area contributed by atoms with Crippen LogP contribution in [0.15, 0.2) is 60.8 Å². The Morgan fingerprint density at radius 3 is 1.88 bits per heavy atom. The monoisotopic (exact) mass is 366 g/mol. The highest BCUT2D eigenvalue weighted by molar-refractivity contribution is 5.66. The van der Waals surface area contributed by atoms with Crippen LogP contribution in [-0.2, 0) is 4.79 Å². The second kappa shape index (κ2) is 16.5. The van der Waals surface area contributed by atoms with E-state index in [2.05, 4.69) is 0 Å². The van der Waals surface area contributed by atoms with Gasteiger partial charge < -0.3 is 25.5 Å². The molecule has 0 heterocycles. The summed E-state index contributed by atoms with van der Waals surface area (Å²) >= 11 is 0. The molecule has 6 heteroatoms. The lowest BCUT2D eigenvalue weighted by atomic mass is 10.1. The summed E-state index contributed by atoms with van der Waals surface area (Å²) in [5.41, 5.74) is 0. The quantitative estimate of drug-likeness (QED) is 0.300. The zero-order chi connectivity index (χ0) is 19.6. The van der Waals surface area contributed by atoms with Gasteiger partial charge in [0.1, 0.15) is 0 Å². The molecule has 5 N–H and O–H groups in total. The van der Waals surface area contributed by atoms with Crippen molar-refractivity contribution in [1.29, 1.82) is 0 Å². The van der Waals surface area contributed by atoms with Crippen molar-refractivity contribution in [2.24, 2.45) is 0 Å². The van der Waals surface area contributed by atoms with E-state index >= 15 is 0 Å². The molecule has 0 fully saturated rings. The van der Waals surface area contributed by atoms with Crippen LogP contribution in [0.2, 0.25) is 0 Å². The Kier molecular flexibility index (Phi) is 15.2. The van der Waals surface area contributed by atoms with Crippen molar-refractivity contribution in [2.45, 2.75) is 50.4 Å². The fraction of sp³-hybridized carbons (Fsp3) is 0.450. The summed E-state index contributed by atoms with van der Waals surface area (Å²) < 4.78 is 0. The first-order chi connectivity index (χ1) is 12.5. The molecule has 3 atom stereocenters. The molecule has 0 bridgehead atoms. The Hall–Kier alpha value is -1.99. The van der Waals surface area contributed by atoms with Gasteiger partial charge in [0.25, 0.3) is 0 Å². The Morgan fingerprint density at radius 2 is 1.31 bits per heavy atom. The third-order valence-electron chi connectivity index (χ3n) is 3.27. The fourth-order valence-electron chi connectivity index (χ4n) is 1.87. The number of hydrogen-bond acceptors (Lipinski definition) is 5. The minimum Gasteiger partial charge on any atom is -0.481 e. The van der Waals surface area contributed by atoms with E-state index in [1.54, 1.807) is 60.8 Å². The van der Waals surface area contributed by atoms with E-state index in [1.807, 2.05) is 0 Å². The van der Waals surface area contributed by atoms with Gasteiger partial charge in [-0.1, -0.05) is 60.8 Å². The summed E-state index contributed by atoms with van der Waals surface area (Å²) in [6.45, 7) is -0.0644. The van der Waals surface area contributed by atoms with E-state index in [9.17, 15) is 20.1 Å². The highest BCUT2D eigenvalue weighted by Crippen LogP contribution is 2.02. The van der Waals surface area contributed by atoms with Gasteiger partial charge in [0.05, 0.1) is 18.3 Å². The van der Waals surface area contributed by atoms with E-state index in [1.165, 1.54) is 0 Å². The molecule has 0 unspecified atom stereocenters. The Balaban J connectivity index is 3.96. The standard InChI is InChI=1S/C20H30O6/c21-16-15-19(24)12-7-3-6-11-17(22)9-4-1-2-5-10-18(23)13-8-14-20(25)26/h1-7,9-10,12,17-19,21-24H,8,11,13-16H2,(H,25,26)/b2-1+,6-3-,9-4+,10-5-,12-7+/t17-,18+,19+/m0/s1. The van der Waals surface area contributed by atoms with Gasteiger partial charge in [-0.2, -0.15) is 0 Å². The molecule has 146 valence electrons. The smallest absolute Gasteiger partial charge is 0.303 e. The Bertz CT molecular complexity index is 504. The molecule has 0 saturated carbocycles. The van der Waals surface area contributed by atoms with Gasteiger partial charge >= 0.3 is 5.97 Å². The molecule has 0 aliphatic carbocycles. The number of rotatable bonds is 14. The van der Waals surface area contributed by atoms with Crippen molar-refractivity contribution < 1.29 is 30.3 Å². The number of aliphatic hydroxyl groups is 4.